The van der Waals surface area contributed by atoms with Crippen molar-refractivity contribution in [1.29, 1.82) is 0 Å². The lowest BCUT2D eigenvalue weighted by Gasteiger charge is -2.44. The van der Waals surface area contributed by atoms with Crippen molar-refractivity contribution in [3.8, 4) is 0 Å². The quantitative estimate of drug-likeness (QED) is 0.451. The van der Waals surface area contributed by atoms with Gasteiger partial charge in [-0.25, -0.2) is 4.79 Å². The number of benzene rings is 1. The van der Waals surface area contributed by atoms with Crippen molar-refractivity contribution in [2.24, 2.45) is 5.92 Å². The van der Waals surface area contributed by atoms with Gasteiger partial charge in [0.1, 0.15) is 0 Å². The van der Waals surface area contributed by atoms with Crippen LogP contribution in [0.2, 0.25) is 0 Å². The molecule has 25 heavy (non-hydrogen) atoms. The molecule has 0 bridgehead atoms. The van der Waals surface area contributed by atoms with Crippen molar-refractivity contribution in [1.82, 2.24) is 4.90 Å². The summed E-state index contributed by atoms with van der Waals surface area (Å²) in [4.78, 5) is 14.7. The molecule has 1 aromatic rings. The van der Waals surface area contributed by atoms with Gasteiger partial charge < -0.3 is 4.74 Å². The van der Waals surface area contributed by atoms with Gasteiger partial charge in [-0.2, -0.15) is 0 Å². The van der Waals surface area contributed by atoms with Gasteiger partial charge >= 0.3 is 5.97 Å². The van der Waals surface area contributed by atoms with E-state index < -0.39 is 0 Å². The highest BCUT2D eigenvalue weighted by atomic mass is 16.5. The Hall–Kier alpha value is -1.87. The summed E-state index contributed by atoms with van der Waals surface area (Å²) < 4.78 is 5.58. The summed E-state index contributed by atoms with van der Waals surface area (Å²) in [6.45, 7) is 4.94. The normalized spacial score (nSPS) is 24.9. The monoisotopic (exact) mass is 339 g/mol. The number of piperidine rings is 2. The first-order valence-corrected chi connectivity index (χ1v) is 9.54. The summed E-state index contributed by atoms with van der Waals surface area (Å²) in [7, 11) is 0. The Labute approximate surface area is 151 Å². The highest BCUT2D eigenvalue weighted by molar-refractivity contribution is 5.83. The molecule has 134 valence electrons. The van der Waals surface area contributed by atoms with E-state index in [-0.39, 0.29) is 5.97 Å². The van der Waals surface area contributed by atoms with E-state index in [0.717, 1.165) is 11.1 Å². The lowest BCUT2D eigenvalue weighted by molar-refractivity contribution is -0.140. The molecule has 2 unspecified atom stereocenters. The Morgan fingerprint density at radius 3 is 2.80 bits per heavy atom. The summed E-state index contributed by atoms with van der Waals surface area (Å²) in [5.41, 5.74) is 2.04. The maximum atomic E-state index is 12.1. The third kappa shape index (κ3) is 5.30. The van der Waals surface area contributed by atoms with Crippen molar-refractivity contribution < 1.29 is 9.53 Å². The third-order valence-electron chi connectivity index (χ3n) is 5.35. The molecule has 0 aliphatic carbocycles. The molecule has 0 radical (unpaired) electrons. The van der Waals surface area contributed by atoms with Crippen LogP contribution in [0, 0.1) is 5.92 Å². The van der Waals surface area contributed by atoms with E-state index in [1.807, 2.05) is 49.4 Å². The molecule has 2 aliphatic rings. The summed E-state index contributed by atoms with van der Waals surface area (Å²) in [5.74, 6) is 0.287. The van der Waals surface area contributed by atoms with Crippen LogP contribution in [0.5, 0.6) is 0 Å². The molecule has 3 heteroatoms. The zero-order chi connectivity index (χ0) is 17.5. The smallest absolute Gasteiger partial charge is 0.331 e. The third-order valence-corrected chi connectivity index (χ3v) is 5.35. The van der Waals surface area contributed by atoms with Crippen LogP contribution in [0.25, 0.3) is 6.08 Å². The molecule has 3 nitrogen and oxygen atoms in total. The van der Waals surface area contributed by atoms with Gasteiger partial charge in [0, 0.05) is 18.0 Å². The van der Waals surface area contributed by atoms with Crippen molar-refractivity contribution in [3.63, 3.8) is 0 Å². The number of hydrogen-bond acceptors (Lipinski definition) is 3. The minimum atomic E-state index is -0.219. The first kappa shape index (κ1) is 17.9. The fourth-order valence-corrected chi connectivity index (χ4v) is 4.03. The second-order valence-corrected chi connectivity index (χ2v) is 7.26. The Morgan fingerprint density at radius 1 is 1.16 bits per heavy atom. The molecule has 0 N–H and O–H groups in total. The van der Waals surface area contributed by atoms with Crippen LogP contribution in [-0.2, 0) is 9.53 Å². The van der Waals surface area contributed by atoms with E-state index in [0.29, 0.717) is 18.6 Å². The van der Waals surface area contributed by atoms with Gasteiger partial charge in [0.25, 0.3) is 0 Å². The van der Waals surface area contributed by atoms with Crippen LogP contribution in [0.1, 0.15) is 44.6 Å². The number of hydrogen-bond donors (Lipinski definition) is 0. The van der Waals surface area contributed by atoms with Gasteiger partial charge in [-0.15, -0.1) is 0 Å². The van der Waals surface area contributed by atoms with Crippen molar-refractivity contribution in [2.45, 2.75) is 45.1 Å². The van der Waals surface area contributed by atoms with Gasteiger partial charge in [0.2, 0.25) is 0 Å². The molecular weight excluding hydrogens is 310 g/mol. The number of carbonyl (C=O) groups excluding carboxylic acids is 1. The van der Waals surface area contributed by atoms with E-state index in [1.165, 1.54) is 45.2 Å². The number of ether oxygens (including phenoxy) is 1. The van der Waals surface area contributed by atoms with Crippen molar-refractivity contribution in [3.05, 3.63) is 53.6 Å². The Kier molecular flexibility index (Phi) is 6.46. The molecule has 3 rings (SSSR count). The summed E-state index contributed by atoms with van der Waals surface area (Å²) in [5, 5.41) is 0. The molecule has 1 aromatic carbocycles. The predicted molar refractivity (Wildman–Crippen MR) is 102 cm³/mol. The standard InChI is InChI=1S/C22H29NO2/c1-18(12-13-19-8-3-2-4-9-19)16-22(24)25-17-20-10-7-15-23-14-6-5-11-21(20)23/h2-4,8-9,12-13,16,20-21H,5-7,10-11,14-15,17H2,1H3. The Morgan fingerprint density at radius 2 is 1.96 bits per heavy atom. The molecule has 0 aromatic heterocycles. The fraction of sp³-hybridized carbons (Fsp3) is 0.500. The zero-order valence-corrected chi connectivity index (χ0v) is 15.2. The molecule has 0 amide bonds. The molecule has 0 saturated carbocycles. The first-order chi connectivity index (χ1) is 12.2. The van der Waals surface area contributed by atoms with Gasteiger partial charge in [0.05, 0.1) is 6.61 Å². The number of fused-ring (bicyclic) bond motifs is 1. The SMILES string of the molecule is CC(C=Cc1ccccc1)=CC(=O)OCC1CCCN2CCCCC12. The van der Waals surface area contributed by atoms with E-state index >= 15 is 0 Å². The minimum Gasteiger partial charge on any atom is -0.462 e. The Bertz CT molecular complexity index is 618. The minimum absolute atomic E-state index is 0.219. The molecule has 0 spiro atoms. The summed E-state index contributed by atoms with van der Waals surface area (Å²) in [6.07, 6.45) is 11.9. The van der Waals surface area contributed by atoms with Crippen LogP contribution in [0.15, 0.2) is 48.1 Å². The van der Waals surface area contributed by atoms with Crippen LogP contribution < -0.4 is 0 Å². The molecule has 2 atom stereocenters. The fourth-order valence-electron chi connectivity index (χ4n) is 4.03. The largest absolute Gasteiger partial charge is 0.462 e. The predicted octanol–water partition coefficient (Wildman–Crippen LogP) is 4.45. The number of rotatable bonds is 5. The summed E-state index contributed by atoms with van der Waals surface area (Å²) in [6, 6.07) is 10.7. The highest BCUT2D eigenvalue weighted by Crippen LogP contribution is 2.31. The second kappa shape index (κ2) is 9.00. The Balaban J connectivity index is 1.49. The van der Waals surface area contributed by atoms with Crippen LogP contribution >= 0.6 is 0 Å². The molecule has 2 fully saturated rings. The van der Waals surface area contributed by atoms with E-state index in [1.54, 1.807) is 6.08 Å². The maximum Gasteiger partial charge on any atom is 0.331 e. The summed E-state index contributed by atoms with van der Waals surface area (Å²) >= 11 is 0. The van der Waals surface area contributed by atoms with Gasteiger partial charge in [0.15, 0.2) is 0 Å². The average Bonchev–Trinajstić information content (AvgIpc) is 2.65. The first-order valence-electron chi connectivity index (χ1n) is 9.54. The second-order valence-electron chi connectivity index (χ2n) is 7.26. The lowest BCUT2D eigenvalue weighted by Crippen LogP contribution is -2.49. The highest BCUT2D eigenvalue weighted by Gasteiger charge is 2.33. The molecule has 2 saturated heterocycles. The number of allylic oxidation sites excluding steroid dienone is 2. The maximum absolute atomic E-state index is 12.1. The van der Waals surface area contributed by atoms with Crippen molar-refractivity contribution >= 4 is 12.0 Å². The topological polar surface area (TPSA) is 29.5 Å². The van der Waals surface area contributed by atoms with Crippen molar-refractivity contribution in [2.75, 3.05) is 19.7 Å². The van der Waals surface area contributed by atoms with Gasteiger partial charge in [-0.1, -0.05) is 48.9 Å². The zero-order valence-electron chi connectivity index (χ0n) is 15.2. The molecule has 2 aliphatic heterocycles. The van der Waals surface area contributed by atoms with E-state index in [9.17, 15) is 4.79 Å². The van der Waals surface area contributed by atoms with E-state index in [2.05, 4.69) is 4.90 Å². The van der Waals surface area contributed by atoms with E-state index in [4.69, 9.17) is 4.74 Å². The van der Waals surface area contributed by atoms with Crippen LogP contribution in [0.3, 0.4) is 0 Å². The van der Waals surface area contributed by atoms with Crippen LogP contribution in [-0.4, -0.2) is 36.6 Å². The number of nitrogens with zero attached hydrogens (tertiary/aromatic N) is 1. The molecule has 2 heterocycles. The number of esters is 1. The number of carbonyl (C=O) groups is 1. The van der Waals surface area contributed by atoms with Gasteiger partial charge in [-0.05, 0) is 56.8 Å². The average molecular weight is 339 g/mol. The van der Waals surface area contributed by atoms with Crippen LogP contribution in [0.4, 0.5) is 0 Å². The molecular formula is C22H29NO2. The van der Waals surface area contributed by atoms with Gasteiger partial charge in [-0.3, -0.25) is 4.90 Å². The lowest BCUT2D eigenvalue weighted by atomic mass is 9.84.